The average Bonchev–Trinajstić information content (AvgIpc) is 3.55. The molecule has 0 spiro atoms. The molecule has 0 heterocycles. The van der Waals surface area contributed by atoms with Crippen LogP contribution in [0, 0.1) is 0 Å². The number of hydrogen-bond acceptors (Lipinski definition) is 2. The third-order valence-electron chi connectivity index (χ3n) is 8.15. The van der Waals surface area contributed by atoms with E-state index < -0.39 is 13.4 Å². The molecular weight excluding hydrogens is 441 g/mol. The molecule has 0 aliphatic heterocycles. The Morgan fingerprint density at radius 3 is 1.31 bits per heavy atom. The topological polar surface area (TPSA) is 34.1 Å². The summed E-state index contributed by atoms with van der Waals surface area (Å²) in [5.74, 6) is 0. The van der Waals surface area contributed by atoms with Gasteiger partial charge in [0.1, 0.15) is 0 Å². The summed E-state index contributed by atoms with van der Waals surface area (Å²) in [5.41, 5.74) is 3.62. The third kappa shape index (κ3) is 5.55. The zero-order valence-electron chi connectivity index (χ0n) is 18.1. The van der Waals surface area contributed by atoms with Gasteiger partial charge >= 0.3 is 186 Å². The van der Waals surface area contributed by atoms with Crippen LogP contribution >= 0.6 is 15.8 Å². The summed E-state index contributed by atoms with van der Waals surface area (Å²) < 4.78 is 0.457. The predicted octanol–water partition coefficient (Wildman–Crippen LogP) is 7.05. The summed E-state index contributed by atoms with van der Waals surface area (Å²) in [7, 11) is -0.165. The summed E-state index contributed by atoms with van der Waals surface area (Å²) in [4.78, 5) is 24.3. The fourth-order valence-corrected chi connectivity index (χ4v) is 19.6. The average molecular weight is 482 g/mol. The van der Waals surface area contributed by atoms with Crippen LogP contribution in [0.5, 0.6) is 0 Å². The van der Waals surface area contributed by atoms with Crippen LogP contribution in [-0.2, 0) is 23.0 Å². The second-order valence-electron chi connectivity index (χ2n) is 9.76. The molecule has 0 saturated heterocycles. The fourth-order valence-electron chi connectivity index (χ4n) is 6.75. The first-order valence-electron chi connectivity index (χ1n) is 12.3. The first-order valence-corrected chi connectivity index (χ1v) is 17.2. The Kier molecular flexibility index (Phi) is 9.09. The molecule has 5 heteroatoms. The Balaban J connectivity index is 1.61. The Morgan fingerprint density at radius 1 is 0.621 bits per heavy atom. The van der Waals surface area contributed by atoms with Crippen molar-refractivity contribution in [1.29, 1.82) is 0 Å². The van der Waals surface area contributed by atoms with E-state index in [1.54, 1.807) is 0 Å². The van der Waals surface area contributed by atoms with E-state index in [0.717, 1.165) is 33.1 Å². The zero-order chi connectivity index (χ0) is 20.1. The van der Waals surface area contributed by atoms with Gasteiger partial charge in [0.15, 0.2) is 0 Å². The van der Waals surface area contributed by atoms with Crippen LogP contribution in [0.1, 0.15) is 103 Å². The number of carbonyl (C=O) groups excluding carboxylic acids is 2. The molecule has 1 atom stereocenters. The van der Waals surface area contributed by atoms with Gasteiger partial charge < -0.3 is 0 Å². The van der Waals surface area contributed by atoms with Gasteiger partial charge in [0.2, 0.25) is 0 Å². The van der Waals surface area contributed by atoms with Crippen molar-refractivity contribution in [3.63, 3.8) is 0 Å². The van der Waals surface area contributed by atoms with Crippen molar-refractivity contribution in [2.75, 3.05) is 6.16 Å². The first-order chi connectivity index (χ1) is 14.3. The molecule has 4 rings (SSSR count). The molecule has 0 aromatic heterocycles. The van der Waals surface area contributed by atoms with Crippen molar-refractivity contribution >= 4 is 26.4 Å². The molecule has 0 amide bonds. The van der Waals surface area contributed by atoms with Gasteiger partial charge in [-0.25, -0.2) is 0 Å². The monoisotopic (exact) mass is 481 g/mol. The molecular formula is C24H41NiO2P2. The third-order valence-corrected chi connectivity index (χ3v) is 19.1. The molecule has 4 fully saturated rings. The van der Waals surface area contributed by atoms with Gasteiger partial charge in [-0.05, 0) is 0 Å². The van der Waals surface area contributed by atoms with Crippen molar-refractivity contribution < 1.29 is 23.0 Å². The summed E-state index contributed by atoms with van der Waals surface area (Å²) in [5, 5.41) is 2.21. The summed E-state index contributed by atoms with van der Waals surface area (Å²) in [6, 6.07) is 0. The van der Waals surface area contributed by atoms with Crippen LogP contribution in [0.4, 0.5) is 0 Å². The van der Waals surface area contributed by atoms with E-state index >= 15 is 0 Å². The van der Waals surface area contributed by atoms with E-state index in [-0.39, 0.29) is 15.8 Å². The van der Waals surface area contributed by atoms with Crippen molar-refractivity contribution in [2.24, 2.45) is 0 Å². The van der Waals surface area contributed by atoms with Crippen LogP contribution in [0.3, 0.4) is 0 Å². The maximum atomic E-state index is 12.1. The Bertz CT molecular complexity index is 481. The number of rotatable bonds is 10. The van der Waals surface area contributed by atoms with Crippen LogP contribution in [-0.4, -0.2) is 43.9 Å². The van der Waals surface area contributed by atoms with E-state index in [4.69, 9.17) is 0 Å². The zero-order valence-corrected chi connectivity index (χ0v) is 20.9. The van der Waals surface area contributed by atoms with E-state index in [1.807, 2.05) is 0 Å². The minimum absolute atomic E-state index is 0.00146. The van der Waals surface area contributed by atoms with Crippen molar-refractivity contribution in [2.45, 2.75) is 130 Å². The van der Waals surface area contributed by atoms with Gasteiger partial charge in [-0.1, -0.05) is 0 Å². The molecule has 0 N–H and O–H groups in total. The van der Waals surface area contributed by atoms with Crippen LogP contribution in [0.15, 0.2) is 0 Å². The number of carbonyl (C=O) groups is 2. The van der Waals surface area contributed by atoms with Crippen LogP contribution in [0.25, 0.3) is 0 Å². The normalized spacial score (nSPS) is 26.8. The van der Waals surface area contributed by atoms with Gasteiger partial charge in [-0.3, -0.25) is 0 Å². The van der Waals surface area contributed by atoms with Gasteiger partial charge in [0.25, 0.3) is 0 Å². The Labute approximate surface area is 185 Å². The quantitative estimate of drug-likeness (QED) is 0.190. The number of hydrogen-bond donors (Lipinski definition) is 0. The minimum atomic E-state index is -0.798. The van der Waals surface area contributed by atoms with Crippen LogP contribution in [0.2, 0.25) is 0 Å². The molecule has 0 aromatic carbocycles. The standard InChI is InChI=1S/C22H39P2.2CHO.Ni/c1-2-10-19(9-1)23(20-11-3-4-12-20)17-18-24(21-13-5-6-14-21)22-15-7-8-16-22;2*1-2;/h17,19-22H,1-16,18H2;2*1H;. The summed E-state index contributed by atoms with van der Waals surface area (Å²) in [6.07, 6.45) is 23.9. The molecule has 4 aliphatic rings. The second-order valence-corrected chi connectivity index (χ2v) is 18.1. The Morgan fingerprint density at radius 2 is 0.966 bits per heavy atom. The fraction of sp³-hybridized carbons (Fsp3) is 0.917. The molecule has 4 aliphatic carbocycles. The molecule has 169 valence electrons. The van der Waals surface area contributed by atoms with Gasteiger partial charge in [-0.15, -0.1) is 0 Å². The van der Waals surface area contributed by atoms with E-state index in [0.29, 0.717) is 4.63 Å². The van der Waals surface area contributed by atoms with Crippen molar-refractivity contribution in [3.8, 4) is 0 Å². The van der Waals surface area contributed by atoms with Gasteiger partial charge in [0.05, 0.1) is 0 Å². The Hall–Kier alpha value is 0.694. The molecule has 0 aromatic rings. The van der Waals surface area contributed by atoms with Crippen molar-refractivity contribution in [3.05, 3.63) is 0 Å². The molecule has 2 nitrogen and oxygen atoms in total. The van der Waals surface area contributed by atoms with Crippen molar-refractivity contribution in [1.82, 2.24) is 0 Å². The van der Waals surface area contributed by atoms with Crippen LogP contribution < -0.4 is 0 Å². The van der Waals surface area contributed by atoms with Gasteiger partial charge in [0, 0.05) is 0 Å². The summed E-state index contributed by atoms with van der Waals surface area (Å²) in [6.45, 7) is 0. The summed E-state index contributed by atoms with van der Waals surface area (Å²) >= 11 is -0.798. The molecule has 0 radical (unpaired) electrons. The second kappa shape index (κ2) is 11.5. The maximum absolute atomic E-state index is 12.1. The SMILES string of the molecule is O=[CH][Ni]([CH]=O)[CH](CP(C1CCCC1)C1CCCC1)P(C1CCCC1)C1CCCC1. The molecule has 1 unspecified atom stereocenters. The molecule has 4 saturated carbocycles. The van der Waals surface area contributed by atoms with E-state index in [2.05, 4.69) is 0 Å². The first kappa shape index (κ1) is 22.9. The van der Waals surface area contributed by atoms with E-state index in [1.165, 1.54) is 109 Å². The molecule has 0 bridgehead atoms. The predicted molar refractivity (Wildman–Crippen MR) is 125 cm³/mol. The van der Waals surface area contributed by atoms with E-state index in [9.17, 15) is 9.59 Å². The van der Waals surface area contributed by atoms with Gasteiger partial charge in [-0.2, -0.15) is 0 Å². The molecule has 29 heavy (non-hydrogen) atoms.